The van der Waals surface area contributed by atoms with E-state index in [1.807, 2.05) is 0 Å². The topological polar surface area (TPSA) is 57.1 Å². The molecule has 14 heavy (non-hydrogen) atoms. The van der Waals surface area contributed by atoms with Crippen LogP contribution in [-0.2, 0) is 0 Å². The van der Waals surface area contributed by atoms with Crippen LogP contribution in [0.3, 0.4) is 0 Å². The van der Waals surface area contributed by atoms with Crippen LogP contribution in [0.5, 0.6) is 11.6 Å². The number of halogens is 2. The van der Waals surface area contributed by atoms with Crippen molar-refractivity contribution in [1.29, 1.82) is 0 Å². The van der Waals surface area contributed by atoms with Gasteiger partial charge in [0.1, 0.15) is 13.3 Å². The summed E-state index contributed by atoms with van der Waals surface area (Å²) in [6.45, 7) is 0.973. The van der Waals surface area contributed by atoms with Crippen LogP contribution >= 0.6 is 0 Å². The lowest BCUT2D eigenvalue weighted by Gasteiger charge is -2.07. The van der Waals surface area contributed by atoms with Gasteiger partial charge in [0.25, 0.3) is 11.8 Å². The van der Waals surface area contributed by atoms with Gasteiger partial charge in [0.05, 0.1) is 6.61 Å². The molecular formula is C7H9F2N3O2. The van der Waals surface area contributed by atoms with E-state index in [1.54, 1.807) is 6.92 Å². The summed E-state index contributed by atoms with van der Waals surface area (Å²) in [6, 6.07) is 0. The molecule has 0 saturated carbocycles. The van der Waals surface area contributed by atoms with Crippen molar-refractivity contribution in [2.45, 2.75) is 6.92 Å². The molecule has 0 aliphatic carbocycles. The van der Waals surface area contributed by atoms with E-state index in [-0.39, 0.29) is 24.8 Å². The van der Waals surface area contributed by atoms with Crippen LogP contribution in [0.1, 0.15) is 6.92 Å². The Morgan fingerprint density at radius 3 is 2.71 bits per heavy atom. The number of aromatic nitrogens is 3. The Morgan fingerprint density at radius 2 is 2.07 bits per heavy atom. The molecule has 0 unspecified atom stereocenters. The average molecular weight is 205 g/mol. The zero-order valence-electron chi connectivity index (χ0n) is 7.54. The summed E-state index contributed by atoms with van der Waals surface area (Å²) in [5.41, 5.74) is 0. The third-order valence-electron chi connectivity index (χ3n) is 1.25. The van der Waals surface area contributed by atoms with E-state index in [0.717, 1.165) is 0 Å². The summed E-state index contributed by atoms with van der Waals surface area (Å²) in [5.74, 6) is -1.38. The lowest BCUT2D eigenvalue weighted by molar-refractivity contribution is 0.228. The molecule has 7 heteroatoms. The summed E-state index contributed by atoms with van der Waals surface area (Å²) in [5, 5.41) is 9.53. The molecule has 1 rings (SSSR count). The second-order valence-corrected chi connectivity index (χ2v) is 2.18. The minimum atomic E-state index is -0.961. The van der Waals surface area contributed by atoms with Gasteiger partial charge in [0.2, 0.25) is 5.75 Å². The maximum atomic E-state index is 13.0. The number of hydrogen-bond acceptors (Lipinski definition) is 5. The highest BCUT2D eigenvalue weighted by molar-refractivity contribution is 5.29. The Hall–Kier alpha value is -1.53. The van der Waals surface area contributed by atoms with E-state index in [9.17, 15) is 8.78 Å². The fourth-order valence-electron chi connectivity index (χ4n) is 0.774. The second kappa shape index (κ2) is 5.25. The van der Waals surface area contributed by atoms with Crippen LogP contribution in [-0.4, -0.2) is 35.3 Å². The Kier molecular flexibility index (Phi) is 3.96. The number of nitrogens with zero attached hydrogens (tertiary/aromatic N) is 3. The van der Waals surface area contributed by atoms with Crippen molar-refractivity contribution < 1.29 is 18.3 Å². The molecule has 0 aliphatic rings. The number of ether oxygens (including phenoxy) is 2. The van der Waals surface area contributed by atoms with Crippen molar-refractivity contribution in [3.63, 3.8) is 0 Å². The highest BCUT2D eigenvalue weighted by Gasteiger charge is 2.14. The standard InChI is InChI=1S/C7H9F2N3O2/c1-2-13-7-5(14-4-3-8)6(9)10-12-11-7/h2-4H2,1H3. The smallest absolute Gasteiger partial charge is 0.283 e. The zero-order valence-corrected chi connectivity index (χ0v) is 7.54. The maximum Gasteiger partial charge on any atom is 0.283 e. The zero-order chi connectivity index (χ0) is 10.4. The Morgan fingerprint density at radius 1 is 1.29 bits per heavy atom. The lowest BCUT2D eigenvalue weighted by Crippen LogP contribution is -2.08. The fourth-order valence-corrected chi connectivity index (χ4v) is 0.774. The summed E-state index contributed by atoms with van der Waals surface area (Å²) in [4.78, 5) is 0. The third kappa shape index (κ3) is 2.48. The first-order valence-corrected chi connectivity index (χ1v) is 4.00. The minimum absolute atomic E-state index is 0.117. The van der Waals surface area contributed by atoms with Crippen LogP contribution in [0.4, 0.5) is 8.78 Å². The first-order valence-electron chi connectivity index (χ1n) is 4.00. The Balaban J connectivity index is 2.84. The molecular weight excluding hydrogens is 196 g/mol. The average Bonchev–Trinajstić information content (AvgIpc) is 2.18. The monoisotopic (exact) mass is 205 g/mol. The largest absolute Gasteiger partial charge is 0.482 e. The molecule has 0 amide bonds. The SMILES string of the molecule is CCOc1nnnc(F)c1OCCF. The molecule has 1 aromatic rings. The van der Waals surface area contributed by atoms with E-state index in [4.69, 9.17) is 9.47 Å². The fraction of sp³-hybridized carbons (Fsp3) is 0.571. The highest BCUT2D eigenvalue weighted by atomic mass is 19.1. The van der Waals surface area contributed by atoms with Gasteiger partial charge in [0, 0.05) is 0 Å². The van der Waals surface area contributed by atoms with Gasteiger partial charge in [-0.15, -0.1) is 0 Å². The van der Waals surface area contributed by atoms with Crippen LogP contribution in [0.15, 0.2) is 0 Å². The molecule has 0 aromatic carbocycles. The van der Waals surface area contributed by atoms with Crippen molar-refractivity contribution in [3.8, 4) is 11.6 Å². The van der Waals surface area contributed by atoms with E-state index in [2.05, 4.69) is 15.4 Å². The van der Waals surface area contributed by atoms with Crippen LogP contribution in [0, 0.1) is 5.95 Å². The van der Waals surface area contributed by atoms with E-state index < -0.39 is 12.6 Å². The summed E-state index contributed by atoms with van der Waals surface area (Å²) < 4.78 is 34.4. The summed E-state index contributed by atoms with van der Waals surface area (Å²) in [7, 11) is 0. The van der Waals surface area contributed by atoms with E-state index in [0.29, 0.717) is 0 Å². The normalized spacial score (nSPS) is 9.93. The molecule has 78 valence electrons. The van der Waals surface area contributed by atoms with Gasteiger partial charge < -0.3 is 9.47 Å². The molecule has 0 bridgehead atoms. The van der Waals surface area contributed by atoms with Crippen LogP contribution < -0.4 is 9.47 Å². The first kappa shape index (κ1) is 10.6. The quantitative estimate of drug-likeness (QED) is 0.710. The van der Waals surface area contributed by atoms with Crippen LogP contribution in [0.2, 0.25) is 0 Å². The van der Waals surface area contributed by atoms with E-state index >= 15 is 0 Å². The molecule has 0 spiro atoms. The highest BCUT2D eigenvalue weighted by Crippen LogP contribution is 2.24. The molecule has 0 radical (unpaired) electrons. The number of hydrogen-bond donors (Lipinski definition) is 0. The van der Waals surface area contributed by atoms with Crippen molar-refractivity contribution in [2.24, 2.45) is 0 Å². The Bertz CT molecular complexity index is 298. The van der Waals surface area contributed by atoms with Gasteiger partial charge in [0.15, 0.2) is 0 Å². The molecule has 1 aromatic heterocycles. The molecule has 0 atom stereocenters. The second-order valence-electron chi connectivity index (χ2n) is 2.18. The third-order valence-corrected chi connectivity index (χ3v) is 1.25. The predicted molar refractivity (Wildman–Crippen MR) is 42.4 cm³/mol. The first-order chi connectivity index (χ1) is 6.79. The van der Waals surface area contributed by atoms with Gasteiger partial charge in [-0.1, -0.05) is 10.2 Å². The number of rotatable bonds is 5. The molecule has 1 heterocycles. The van der Waals surface area contributed by atoms with Crippen molar-refractivity contribution in [3.05, 3.63) is 5.95 Å². The van der Waals surface area contributed by atoms with Gasteiger partial charge >= 0.3 is 0 Å². The molecule has 5 nitrogen and oxygen atoms in total. The Labute approximate surface area is 79.0 Å². The lowest BCUT2D eigenvalue weighted by atomic mass is 10.5. The molecule has 0 saturated heterocycles. The van der Waals surface area contributed by atoms with Crippen molar-refractivity contribution in [1.82, 2.24) is 15.4 Å². The van der Waals surface area contributed by atoms with Gasteiger partial charge in [-0.3, -0.25) is 0 Å². The summed E-state index contributed by atoms with van der Waals surface area (Å²) >= 11 is 0. The van der Waals surface area contributed by atoms with Crippen molar-refractivity contribution in [2.75, 3.05) is 19.9 Å². The summed E-state index contributed by atoms with van der Waals surface area (Å²) in [6.07, 6.45) is 0. The van der Waals surface area contributed by atoms with E-state index in [1.165, 1.54) is 0 Å². The van der Waals surface area contributed by atoms with Gasteiger partial charge in [-0.25, -0.2) is 4.39 Å². The predicted octanol–water partition coefficient (Wildman–Crippen LogP) is 0.758. The number of alkyl halides is 1. The van der Waals surface area contributed by atoms with Crippen molar-refractivity contribution >= 4 is 0 Å². The minimum Gasteiger partial charge on any atom is -0.482 e. The van der Waals surface area contributed by atoms with Crippen LogP contribution in [0.25, 0.3) is 0 Å². The van der Waals surface area contributed by atoms with Gasteiger partial charge in [-0.05, 0) is 12.1 Å². The van der Waals surface area contributed by atoms with Gasteiger partial charge in [-0.2, -0.15) is 4.39 Å². The molecule has 0 fully saturated rings. The molecule has 0 N–H and O–H groups in total. The maximum absolute atomic E-state index is 13.0. The molecule has 0 aliphatic heterocycles.